The van der Waals surface area contributed by atoms with Crippen LogP contribution < -0.4 is 0 Å². The Morgan fingerprint density at radius 3 is 2.90 bits per heavy atom. The van der Waals surface area contributed by atoms with Crippen LogP contribution in [-0.4, -0.2) is 30.8 Å². The van der Waals surface area contributed by atoms with E-state index in [0.717, 1.165) is 35.0 Å². The summed E-state index contributed by atoms with van der Waals surface area (Å²) in [7, 11) is 0. The molecule has 0 fully saturated rings. The number of benzene rings is 1. The van der Waals surface area contributed by atoms with Gasteiger partial charge in [-0.1, -0.05) is 17.3 Å². The quantitative estimate of drug-likeness (QED) is 0.570. The Labute approximate surface area is 165 Å². The number of hydrogen-bond acceptors (Lipinski definition) is 6. The highest BCUT2D eigenvalue weighted by Gasteiger charge is 2.26. The molecule has 4 heterocycles. The van der Waals surface area contributed by atoms with E-state index in [1.54, 1.807) is 12.1 Å². The zero-order valence-corrected chi connectivity index (χ0v) is 15.2. The molecule has 4 aromatic rings. The standard InChI is InChI=1S/C21H15N5O3/c22-10-15-4-3-14(11-23-15)21-24-20(25-29-21)13-2-1-12-7-16-5-6-17(9-19(27)28)26(16)18(12)8-13/h1-4,7-8,11,17H,5-6,9H2,(H,27,28). The monoisotopic (exact) mass is 385 g/mol. The van der Waals surface area contributed by atoms with Crippen molar-refractivity contribution in [3.63, 3.8) is 0 Å². The fourth-order valence-electron chi connectivity index (χ4n) is 3.92. The van der Waals surface area contributed by atoms with E-state index in [0.29, 0.717) is 23.0 Å². The van der Waals surface area contributed by atoms with Crippen LogP contribution in [0.5, 0.6) is 0 Å². The summed E-state index contributed by atoms with van der Waals surface area (Å²) in [5.74, 6) is -0.0319. The summed E-state index contributed by atoms with van der Waals surface area (Å²) in [5, 5.41) is 23.2. The lowest BCUT2D eigenvalue weighted by atomic mass is 10.1. The largest absolute Gasteiger partial charge is 0.481 e. The number of nitrogens with zero attached hydrogens (tertiary/aromatic N) is 5. The Bertz CT molecular complexity index is 1280. The molecule has 1 aliphatic rings. The van der Waals surface area contributed by atoms with E-state index in [4.69, 9.17) is 9.78 Å². The topological polar surface area (TPSA) is 118 Å². The Kier molecular flexibility index (Phi) is 3.88. The van der Waals surface area contributed by atoms with Gasteiger partial charge < -0.3 is 14.2 Å². The first-order valence-corrected chi connectivity index (χ1v) is 9.18. The van der Waals surface area contributed by atoms with Gasteiger partial charge in [-0.15, -0.1) is 0 Å². The molecule has 29 heavy (non-hydrogen) atoms. The lowest BCUT2D eigenvalue weighted by Crippen LogP contribution is -2.09. The molecule has 0 amide bonds. The van der Waals surface area contributed by atoms with Crippen LogP contribution in [0.4, 0.5) is 0 Å². The number of carbonyl (C=O) groups is 1. The summed E-state index contributed by atoms with van der Waals surface area (Å²) in [4.78, 5) is 19.7. The van der Waals surface area contributed by atoms with Gasteiger partial charge in [-0.2, -0.15) is 10.2 Å². The number of rotatable bonds is 4. The molecular formula is C21H15N5O3. The van der Waals surface area contributed by atoms with Crippen LogP contribution in [0.3, 0.4) is 0 Å². The average Bonchev–Trinajstić information content (AvgIpc) is 3.43. The maximum atomic E-state index is 11.2. The fourth-order valence-corrected chi connectivity index (χ4v) is 3.92. The molecule has 142 valence electrons. The number of nitriles is 1. The van der Waals surface area contributed by atoms with E-state index < -0.39 is 5.97 Å². The van der Waals surface area contributed by atoms with Crippen LogP contribution in [-0.2, 0) is 11.2 Å². The molecule has 8 heteroatoms. The number of aryl methyl sites for hydroxylation is 1. The van der Waals surface area contributed by atoms with Gasteiger partial charge in [0.2, 0.25) is 5.82 Å². The van der Waals surface area contributed by atoms with Gasteiger partial charge in [0.15, 0.2) is 0 Å². The average molecular weight is 385 g/mol. The molecule has 1 aromatic carbocycles. The molecule has 1 unspecified atom stereocenters. The summed E-state index contributed by atoms with van der Waals surface area (Å²) in [6.07, 6.45) is 3.34. The third-order valence-electron chi connectivity index (χ3n) is 5.24. The number of pyridine rings is 1. The summed E-state index contributed by atoms with van der Waals surface area (Å²) in [6.45, 7) is 0. The Balaban J connectivity index is 1.52. The first-order chi connectivity index (χ1) is 14.1. The van der Waals surface area contributed by atoms with Crippen molar-refractivity contribution in [2.75, 3.05) is 0 Å². The third kappa shape index (κ3) is 2.93. The van der Waals surface area contributed by atoms with E-state index in [1.165, 1.54) is 6.20 Å². The molecule has 1 aliphatic heterocycles. The second-order valence-corrected chi connectivity index (χ2v) is 7.04. The van der Waals surface area contributed by atoms with Gasteiger partial charge in [0.25, 0.3) is 5.89 Å². The summed E-state index contributed by atoms with van der Waals surface area (Å²) < 4.78 is 7.49. The minimum Gasteiger partial charge on any atom is -0.481 e. The number of fused-ring (bicyclic) bond motifs is 3. The Morgan fingerprint density at radius 2 is 2.14 bits per heavy atom. The van der Waals surface area contributed by atoms with Crippen LogP contribution in [0.25, 0.3) is 33.7 Å². The maximum absolute atomic E-state index is 11.2. The van der Waals surface area contributed by atoms with Crippen molar-refractivity contribution >= 4 is 16.9 Å². The van der Waals surface area contributed by atoms with Crippen LogP contribution in [0.2, 0.25) is 0 Å². The lowest BCUT2D eigenvalue weighted by Gasteiger charge is -2.13. The summed E-state index contributed by atoms with van der Waals surface area (Å²) >= 11 is 0. The van der Waals surface area contributed by atoms with E-state index in [1.807, 2.05) is 24.3 Å². The molecule has 1 N–H and O–H groups in total. The van der Waals surface area contributed by atoms with Gasteiger partial charge in [0.05, 0.1) is 12.0 Å². The van der Waals surface area contributed by atoms with Crippen molar-refractivity contribution in [1.29, 1.82) is 5.26 Å². The van der Waals surface area contributed by atoms with E-state index >= 15 is 0 Å². The normalized spacial score (nSPS) is 15.3. The summed E-state index contributed by atoms with van der Waals surface area (Å²) in [6, 6.07) is 13.2. The van der Waals surface area contributed by atoms with Gasteiger partial charge in [0.1, 0.15) is 11.8 Å². The molecular weight excluding hydrogens is 370 g/mol. The van der Waals surface area contributed by atoms with Crippen molar-refractivity contribution in [2.45, 2.75) is 25.3 Å². The van der Waals surface area contributed by atoms with Crippen molar-refractivity contribution in [2.24, 2.45) is 0 Å². The number of carboxylic acid groups (broad SMARTS) is 1. The number of aliphatic carboxylic acids is 1. The first-order valence-electron chi connectivity index (χ1n) is 9.18. The Morgan fingerprint density at radius 1 is 1.28 bits per heavy atom. The molecule has 0 aliphatic carbocycles. The first kappa shape index (κ1) is 17.1. The molecule has 5 rings (SSSR count). The van der Waals surface area contributed by atoms with Crippen molar-refractivity contribution in [1.82, 2.24) is 19.7 Å². The molecule has 0 radical (unpaired) electrons. The highest BCUT2D eigenvalue weighted by Crippen LogP contribution is 2.36. The van der Waals surface area contributed by atoms with Crippen molar-refractivity contribution in [3.05, 3.63) is 54.0 Å². The van der Waals surface area contributed by atoms with Gasteiger partial charge in [0, 0.05) is 29.0 Å². The fraction of sp³-hybridized carbons (Fsp3) is 0.190. The highest BCUT2D eigenvalue weighted by atomic mass is 16.5. The number of hydrogen-bond donors (Lipinski definition) is 1. The molecule has 0 spiro atoms. The second-order valence-electron chi connectivity index (χ2n) is 7.04. The molecule has 3 aromatic heterocycles. The summed E-state index contributed by atoms with van der Waals surface area (Å²) in [5.41, 5.74) is 3.87. The van der Waals surface area contributed by atoms with Gasteiger partial charge in [-0.05, 0) is 42.5 Å². The van der Waals surface area contributed by atoms with E-state index in [2.05, 4.69) is 25.8 Å². The van der Waals surface area contributed by atoms with E-state index in [9.17, 15) is 9.90 Å². The van der Waals surface area contributed by atoms with Crippen molar-refractivity contribution < 1.29 is 14.4 Å². The predicted molar refractivity (Wildman–Crippen MR) is 103 cm³/mol. The van der Waals surface area contributed by atoms with Crippen molar-refractivity contribution in [3.8, 4) is 28.9 Å². The minimum absolute atomic E-state index is 0.0409. The van der Waals surface area contributed by atoms with Crippen LogP contribution >= 0.6 is 0 Å². The number of aromatic nitrogens is 4. The van der Waals surface area contributed by atoms with E-state index in [-0.39, 0.29) is 12.5 Å². The molecule has 0 saturated heterocycles. The minimum atomic E-state index is -0.792. The SMILES string of the molecule is N#Cc1ccc(-c2nc(-c3ccc4cc5n(c4c3)C(CC(=O)O)CC5)no2)cn1. The second kappa shape index (κ2) is 6.56. The highest BCUT2D eigenvalue weighted by molar-refractivity contribution is 5.86. The smallest absolute Gasteiger partial charge is 0.305 e. The van der Waals surface area contributed by atoms with Crippen LogP contribution in [0.15, 0.2) is 47.1 Å². The van der Waals surface area contributed by atoms with Crippen LogP contribution in [0, 0.1) is 11.3 Å². The zero-order chi connectivity index (χ0) is 20.0. The third-order valence-corrected chi connectivity index (χ3v) is 5.24. The molecule has 8 nitrogen and oxygen atoms in total. The van der Waals surface area contributed by atoms with Gasteiger partial charge >= 0.3 is 5.97 Å². The van der Waals surface area contributed by atoms with Gasteiger partial charge in [-0.3, -0.25) is 4.79 Å². The number of carboxylic acids is 1. The molecule has 0 saturated carbocycles. The lowest BCUT2D eigenvalue weighted by molar-refractivity contribution is -0.137. The van der Waals surface area contributed by atoms with Crippen LogP contribution in [0.1, 0.15) is 30.3 Å². The Hall–Kier alpha value is -3.99. The molecule has 1 atom stereocenters. The predicted octanol–water partition coefficient (Wildman–Crippen LogP) is 3.59. The zero-order valence-electron chi connectivity index (χ0n) is 15.2. The van der Waals surface area contributed by atoms with Gasteiger partial charge in [-0.25, -0.2) is 4.98 Å². The molecule has 0 bridgehead atoms. The maximum Gasteiger partial charge on any atom is 0.305 e.